The molecule has 2 rings (SSSR count). The van der Waals surface area contributed by atoms with E-state index < -0.39 is 25.3 Å². The van der Waals surface area contributed by atoms with Crippen molar-refractivity contribution in [2.45, 2.75) is 31.7 Å². The van der Waals surface area contributed by atoms with Crippen LogP contribution in [0.1, 0.15) is 18.1 Å². The lowest BCUT2D eigenvalue weighted by Gasteiger charge is -2.23. The Balaban J connectivity index is 2.36. The third-order valence-electron chi connectivity index (χ3n) is 3.74. The van der Waals surface area contributed by atoms with Gasteiger partial charge in [-0.1, -0.05) is 6.07 Å². The third kappa shape index (κ3) is 3.96. The van der Waals surface area contributed by atoms with E-state index in [-0.39, 0.29) is 30.0 Å². The Bertz CT molecular complexity index is 633. The molecule has 1 atom stereocenters. The third-order valence-corrected chi connectivity index (χ3v) is 3.74. The summed E-state index contributed by atoms with van der Waals surface area (Å²) in [6.07, 6.45) is -5.70. The average molecular weight is 328 g/mol. The van der Waals surface area contributed by atoms with E-state index in [0.717, 1.165) is 0 Å². The van der Waals surface area contributed by atoms with Crippen molar-refractivity contribution in [1.29, 1.82) is 5.26 Å². The summed E-state index contributed by atoms with van der Waals surface area (Å²) in [7, 11) is 0.154. The summed E-state index contributed by atoms with van der Waals surface area (Å²) in [5, 5.41) is 21.6. The van der Waals surface area contributed by atoms with Crippen molar-refractivity contribution in [3.63, 3.8) is 0 Å². The van der Waals surface area contributed by atoms with Crippen LogP contribution in [-0.4, -0.2) is 37.5 Å². The van der Waals surface area contributed by atoms with E-state index in [2.05, 4.69) is 5.32 Å². The number of benzene rings is 1. The molecule has 0 aliphatic carbocycles. The first-order valence-electron chi connectivity index (χ1n) is 6.93. The molecule has 5 nitrogen and oxygen atoms in total. The molecule has 0 spiro atoms. The van der Waals surface area contributed by atoms with Crippen LogP contribution in [0, 0.1) is 11.3 Å². The van der Waals surface area contributed by atoms with Crippen molar-refractivity contribution in [3.8, 4) is 11.8 Å². The molecule has 124 valence electrons. The highest BCUT2D eigenvalue weighted by molar-refractivity contribution is 6.62. The van der Waals surface area contributed by atoms with Gasteiger partial charge in [0.25, 0.3) is 0 Å². The topological polar surface area (TPSA) is 74.5 Å². The van der Waals surface area contributed by atoms with E-state index in [1.165, 1.54) is 6.07 Å². The van der Waals surface area contributed by atoms with Gasteiger partial charge in [-0.25, -0.2) is 0 Å². The van der Waals surface area contributed by atoms with E-state index in [0.29, 0.717) is 5.56 Å². The summed E-state index contributed by atoms with van der Waals surface area (Å²) in [6.45, 7) is 1.48. The monoisotopic (exact) mass is 328 g/mol. The van der Waals surface area contributed by atoms with Crippen LogP contribution in [0.25, 0.3) is 0 Å². The first-order valence-corrected chi connectivity index (χ1v) is 6.93. The predicted octanol–water partition coefficient (Wildman–Crippen LogP) is 0.890. The summed E-state index contributed by atoms with van der Waals surface area (Å²) < 4.78 is 49.1. The molecular weight excluding hydrogens is 312 g/mol. The Labute approximate surface area is 132 Å². The fourth-order valence-corrected chi connectivity index (χ4v) is 2.28. The number of rotatable bonds is 5. The maximum Gasteiger partial charge on any atom is 0.492 e. The van der Waals surface area contributed by atoms with Crippen LogP contribution in [0.4, 0.5) is 13.2 Å². The minimum absolute atomic E-state index is 0.0117. The van der Waals surface area contributed by atoms with Crippen LogP contribution in [-0.2, 0) is 17.7 Å². The van der Waals surface area contributed by atoms with Gasteiger partial charge < -0.3 is 14.4 Å². The molecule has 0 aromatic heterocycles. The maximum absolute atomic E-state index is 12.9. The number of nitriles is 1. The Hall–Kier alpha value is -1.76. The van der Waals surface area contributed by atoms with Gasteiger partial charge in [0.2, 0.25) is 0 Å². The van der Waals surface area contributed by atoms with Crippen molar-refractivity contribution in [2.24, 2.45) is 0 Å². The number of hydrogen-bond acceptors (Lipinski definition) is 5. The number of fused-ring (bicyclic) bond motifs is 1. The summed E-state index contributed by atoms with van der Waals surface area (Å²) in [6, 6.07) is 4.97. The quantitative estimate of drug-likeness (QED) is 0.786. The SMILES string of the molecule is CNC(C)(C#N)COc1ccc2c(c1CC(F)(F)F)B(O)OC2. The molecule has 1 aliphatic heterocycles. The first kappa shape index (κ1) is 17.6. The molecule has 1 aromatic carbocycles. The summed E-state index contributed by atoms with van der Waals surface area (Å²) in [5.41, 5.74) is -0.594. The van der Waals surface area contributed by atoms with Gasteiger partial charge in [0.1, 0.15) is 17.9 Å². The highest BCUT2D eigenvalue weighted by atomic mass is 19.4. The molecule has 2 N–H and O–H groups in total. The summed E-state index contributed by atoms with van der Waals surface area (Å²) in [5.74, 6) is -0.0117. The number of halogens is 3. The van der Waals surface area contributed by atoms with Gasteiger partial charge in [-0.15, -0.1) is 0 Å². The fourth-order valence-electron chi connectivity index (χ4n) is 2.28. The zero-order valence-corrected chi connectivity index (χ0v) is 12.7. The Kier molecular flexibility index (Phi) is 4.89. The first-order chi connectivity index (χ1) is 10.7. The lowest BCUT2D eigenvalue weighted by atomic mass is 9.75. The van der Waals surface area contributed by atoms with Crippen LogP contribution in [0.3, 0.4) is 0 Å². The molecule has 0 saturated heterocycles. The van der Waals surface area contributed by atoms with Crippen LogP contribution in [0.15, 0.2) is 12.1 Å². The van der Waals surface area contributed by atoms with E-state index in [1.807, 2.05) is 6.07 Å². The predicted molar refractivity (Wildman–Crippen MR) is 77.2 cm³/mol. The van der Waals surface area contributed by atoms with Gasteiger partial charge in [0.15, 0.2) is 0 Å². The van der Waals surface area contributed by atoms with Crippen molar-refractivity contribution >= 4 is 12.6 Å². The number of nitrogens with one attached hydrogen (secondary N) is 1. The standard InChI is InChI=1S/C14H16BF3N2O3/c1-13(7-19,20-2)8-22-11-4-3-9-6-23-15(21)12(9)10(11)5-14(16,17)18/h3-4,20-21H,5-6,8H2,1-2H3. The molecule has 0 amide bonds. The van der Waals surface area contributed by atoms with E-state index in [1.54, 1.807) is 20.0 Å². The minimum Gasteiger partial charge on any atom is -0.490 e. The molecular formula is C14H16BF3N2O3. The van der Waals surface area contributed by atoms with Gasteiger partial charge in [0, 0.05) is 5.56 Å². The molecule has 23 heavy (non-hydrogen) atoms. The minimum atomic E-state index is -4.46. The van der Waals surface area contributed by atoms with Crippen molar-refractivity contribution in [3.05, 3.63) is 23.3 Å². The normalized spacial score (nSPS) is 16.7. The van der Waals surface area contributed by atoms with Crippen molar-refractivity contribution < 1.29 is 27.6 Å². The number of likely N-dealkylation sites (N-methyl/N-ethyl adjacent to an activating group) is 1. The van der Waals surface area contributed by atoms with Crippen molar-refractivity contribution in [1.82, 2.24) is 5.32 Å². The average Bonchev–Trinajstić information content (AvgIpc) is 2.86. The number of nitrogens with zero attached hydrogens (tertiary/aromatic N) is 1. The fraction of sp³-hybridized carbons (Fsp3) is 0.500. The van der Waals surface area contributed by atoms with Gasteiger partial charge in [-0.3, -0.25) is 5.32 Å². The van der Waals surface area contributed by atoms with Gasteiger partial charge in [-0.2, -0.15) is 18.4 Å². The second kappa shape index (κ2) is 6.39. The highest BCUT2D eigenvalue weighted by Gasteiger charge is 2.38. The maximum atomic E-state index is 12.9. The molecule has 1 unspecified atom stereocenters. The molecule has 0 saturated carbocycles. The number of ether oxygens (including phenoxy) is 1. The second-order valence-corrected chi connectivity index (χ2v) is 5.55. The smallest absolute Gasteiger partial charge is 0.490 e. The number of hydrogen-bond donors (Lipinski definition) is 2. The van der Waals surface area contributed by atoms with Crippen LogP contribution >= 0.6 is 0 Å². The van der Waals surface area contributed by atoms with E-state index in [4.69, 9.17) is 14.7 Å². The largest absolute Gasteiger partial charge is 0.492 e. The van der Waals surface area contributed by atoms with Gasteiger partial charge in [0.05, 0.1) is 19.1 Å². The second-order valence-electron chi connectivity index (χ2n) is 5.55. The lowest BCUT2D eigenvalue weighted by Crippen LogP contribution is -2.44. The Morgan fingerprint density at radius 2 is 2.17 bits per heavy atom. The molecule has 0 bridgehead atoms. The molecule has 1 heterocycles. The van der Waals surface area contributed by atoms with E-state index in [9.17, 15) is 18.2 Å². The highest BCUT2D eigenvalue weighted by Crippen LogP contribution is 2.30. The van der Waals surface area contributed by atoms with Gasteiger partial charge >= 0.3 is 13.3 Å². The van der Waals surface area contributed by atoms with E-state index >= 15 is 0 Å². The zero-order chi connectivity index (χ0) is 17.3. The van der Waals surface area contributed by atoms with Crippen LogP contribution in [0.2, 0.25) is 0 Å². The number of alkyl halides is 3. The molecule has 1 aliphatic rings. The Morgan fingerprint density at radius 1 is 1.48 bits per heavy atom. The zero-order valence-electron chi connectivity index (χ0n) is 12.7. The van der Waals surface area contributed by atoms with Crippen LogP contribution in [0.5, 0.6) is 5.75 Å². The molecule has 0 fully saturated rings. The molecule has 9 heteroatoms. The van der Waals surface area contributed by atoms with Crippen molar-refractivity contribution in [2.75, 3.05) is 13.7 Å². The lowest BCUT2D eigenvalue weighted by molar-refractivity contribution is -0.127. The Morgan fingerprint density at radius 3 is 2.74 bits per heavy atom. The molecule has 1 aromatic rings. The summed E-state index contributed by atoms with van der Waals surface area (Å²) in [4.78, 5) is 0. The van der Waals surface area contributed by atoms with Gasteiger partial charge in [-0.05, 0) is 31.1 Å². The molecule has 0 radical (unpaired) electrons. The van der Waals surface area contributed by atoms with Crippen LogP contribution < -0.4 is 15.5 Å². The summed E-state index contributed by atoms with van der Waals surface area (Å²) >= 11 is 0.